The normalized spacial score (nSPS) is 10.4. The van der Waals surface area contributed by atoms with E-state index in [0.717, 1.165) is 0 Å². The Kier molecular flexibility index (Phi) is 5.05. The third-order valence-electron chi connectivity index (χ3n) is 1.94. The summed E-state index contributed by atoms with van der Waals surface area (Å²) in [6.07, 6.45) is 0. The Balaban J connectivity index is 2.80. The Morgan fingerprint density at radius 1 is 1.35 bits per heavy atom. The first-order chi connectivity index (χ1) is 7.91. The first kappa shape index (κ1) is 14.1. The minimum Gasteiger partial charge on any atom is -0.478 e. The molecule has 0 aliphatic rings. The van der Waals surface area contributed by atoms with Gasteiger partial charge in [0.1, 0.15) is 0 Å². The van der Waals surface area contributed by atoms with Gasteiger partial charge in [0.05, 0.1) is 5.56 Å². The highest BCUT2D eigenvalue weighted by Gasteiger charge is 2.12. The van der Waals surface area contributed by atoms with E-state index >= 15 is 0 Å². The molecule has 1 rings (SSSR count). The third kappa shape index (κ3) is 4.07. The van der Waals surface area contributed by atoms with Crippen molar-refractivity contribution in [2.24, 2.45) is 0 Å². The molecule has 0 atom stereocenters. The number of carboxylic acid groups (broad SMARTS) is 1. The molecule has 0 radical (unpaired) electrons. The van der Waals surface area contributed by atoms with Crippen LogP contribution in [0.25, 0.3) is 0 Å². The molecule has 92 valence electrons. The van der Waals surface area contributed by atoms with Crippen LogP contribution in [0.3, 0.4) is 0 Å². The van der Waals surface area contributed by atoms with Gasteiger partial charge in [-0.25, -0.2) is 4.79 Å². The lowest BCUT2D eigenvalue weighted by Crippen LogP contribution is -2.28. The number of carboxylic acids is 1. The highest BCUT2D eigenvalue weighted by Crippen LogP contribution is 2.17. The quantitative estimate of drug-likeness (QED) is 0.839. The summed E-state index contributed by atoms with van der Waals surface area (Å²) in [7, 11) is 0. The SMILES string of the molecule is O=C(O)c1ccc(Cl)c(CNC(=O)C(Cl)Cl)c1. The van der Waals surface area contributed by atoms with Gasteiger partial charge in [0.15, 0.2) is 4.84 Å². The summed E-state index contributed by atoms with van der Waals surface area (Å²) in [5.74, 6) is -1.63. The fraction of sp³-hybridized carbons (Fsp3) is 0.200. The highest BCUT2D eigenvalue weighted by molar-refractivity contribution is 6.53. The second-order valence-corrected chi connectivity index (χ2v) is 4.63. The van der Waals surface area contributed by atoms with E-state index in [-0.39, 0.29) is 12.1 Å². The monoisotopic (exact) mass is 295 g/mol. The smallest absolute Gasteiger partial charge is 0.335 e. The van der Waals surface area contributed by atoms with Crippen LogP contribution in [-0.4, -0.2) is 21.8 Å². The summed E-state index contributed by atoms with van der Waals surface area (Å²) in [6, 6.07) is 4.20. The van der Waals surface area contributed by atoms with Crippen molar-refractivity contribution < 1.29 is 14.7 Å². The van der Waals surface area contributed by atoms with Crippen LogP contribution in [0.4, 0.5) is 0 Å². The second kappa shape index (κ2) is 6.10. The molecule has 1 aromatic carbocycles. The molecule has 0 unspecified atom stereocenters. The van der Waals surface area contributed by atoms with Crippen molar-refractivity contribution in [1.82, 2.24) is 5.32 Å². The van der Waals surface area contributed by atoms with Crippen molar-refractivity contribution in [2.45, 2.75) is 11.4 Å². The summed E-state index contributed by atoms with van der Waals surface area (Å²) >= 11 is 16.5. The van der Waals surface area contributed by atoms with Gasteiger partial charge in [0.2, 0.25) is 0 Å². The number of amides is 1. The first-order valence-electron chi connectivity index (χ1n) is 4.49. The van der Waals surface area contributed by atoms with Crippen LogP contribution in [0.1, 0.15) is 15.9 Å². The second-order valence-electron chi connectivity index (χ2n) is 3.13. The maximum atomic E-state index is 11.1. The lowest BCUT2D eigenvalue weighted by Gasteiger charge is -2.08. The molecule has 1 amide bonds. The van der Waals surface area contributed by atoms with Gasteiger partial charge in [-0.05, 0) is 23.8 Å². The van der Waals surface area contributed by atoms with Crippen LogP contribution in [0.15, 0.2) is 18.2 Å². The number of alkyl halides is 2. The number of carbonyl (C=O) groups excluding carboxylic acids is 1. The van der Waals surface area contributed by atoms with Crippen molar-refractivity contribution in [3.63, 3.8) is 0 Å². The van der Waals surface area contributed by atoms with Gasteiger partial charge in [0.25, 0.3) is 5.91 Å². The molecule has 7 heteroatoms. The van der Waals surface area contributed by atoms with Crippen LogP contribution in [0, 0.1) is 0 Å². The molecule has 2 N–H and O–H groups in total. The molecule has 0 aromatic heterocycles. The Morgan fingerprint density at radius 2 is 2.00 bits per heavy atom. The predicted molar refractivity (Wildman–Crippen MR) is 65.8 cm³/mol. The standard InChI is InChI=1S/C10H8Cl3NO3/c11-7-2-1-5(10(16)17)3-6(7)4-14-9(15)8(12)13/h1-3,8H,4H2,(H,14,15)(H,16,17). The zero-order valence-corrected chi connectivity index (χ0v) is 10.7. The van der Waals surface area contributed by atoms with Crippen molar-refractivity contribution in [3.8, 4) is 0 Å². The molecule has 1 aromatic rings. The first-order valence-corrected chi connectivity index (χ1v) is 5.74. The number of nitrogens with one attached hydrogen (secondary N) is 1. The number of rotatable bonds is 4. The zero-order chi connectivity index (χ0) is 13.0. The topological polar surface area (TPSA) is 66.4 Å². The third-order valence-corrected chi connectivity index (χ3v) is 2.71. The number of halogens is 3. The molecular formula is C10H8Cl3NO3. The Hall–Kier alpha value is -0.970. The summed E-state index contributed by atoms with van der Waals surface area (Å²) in [5.41, 5.74) is 0.570. The summed E-state index contributed by atoms with van der Waals surface area (Å²) in [4.78, 5) is 20.7. The molecule has 4 nitrogen and oxygen atoms in total. The lowest BCUT2D eigenvalue weighted by molar-refractivity contribution is -0.119. The van der Waals surface area contributed by atoms with Crippen molar-refractivity contribution in [2.75, 3.05) is 0 Å². The molecule has 0 saturated heterocycles. The lowest BCUT2D eigenvalue weighted by atomic mass is 10.1. The molecule has 0 saturated carbocycles. The van der Waals surface area contributed by atoms with E-state index < -0.39 is 16.7 Å². The number of carbonyl (C=O) groups is 2. The van der Waals surface area contributed by atoms with E-state index in [1.54, 1.807) is 0 Å². The van der Waals surface area contributed by atoms with Gasteiger partial charge in [-0.2, -0.15) is 0 Å². The van der Waals surface area contributed by atoms with Crippen LogP contribution < -0.4 is 5.32 Å². The molecular weight excluding hydrogens is 288 g/mol. The average molecular weight is 297 g/mol. The maximum Gasteiger partial charge on any atom is 0.335 e. The molecule has 0 aliphatic heterocycles. The van der Waals surface area contributed by atoms with Crippen molar-refractivity contribution >= 4 is 46.7 Å². The minimum atomic E-state index is -1.17. The van der Waals surface area contributed by atoms with Crippen LogP contribution in [-0.2, 0) is 11.3 Å². The molecule has 0 spiro atoms. The number of hydrogen-bond acceptors (Lipinski definition) is 2. The van der Waals surface area contributed by atoms with Gasteiger partial charge >= 0.3 is 5.97 Å². The van der Waals surface area contributed by atoms with E-state index in [4.69, 9.17) is 39.9 Å². The van der Waals surface area contributed by atoms with E-state index in [0.29, 0.717) is 10.6 Å². The highest BCUT2D eigenvalue weighted by atomic mass is 35.5. The van der Waals surface area contributed by atoms with Crippen molar-refractivity contribution in [3.05, 3.63) is 34.3 Å². The number of benzene rings is 1. The molecule has 0 bridgehead atoms. The number of hydrogen-bond donors (Lipinski definition) is 2. The summed E-state index contributed by atoms with van der Waals surface area (Å²) < 4.78 is 0. The summed E-state index contributed by atoms with van der Waals surface area (Å²) in [5, 5.41) is 11.6. The van der Waals surface area contributed by atoms with Crippen LogP contribution in [0.5, 0.6) is 0 Å². The molecule has 0 aliphatic carbocycles. The van der Waals surface area contributed by atoms with E-state index in [2.05, 4.69) is 5.32 Å². The van der Waals surface area contributed by atoms with Gasteiger partial charge in [-0.15, -0.1) is 0 Å². The van der Waals surface area contributed by atoms with E-state index in [9.17, 15) is 9.59 Å². The van der Waals surface area contributed by atoms with Gasteiger partial charge in [0, 0.05) is 11.6 Å². The minimum absolute atomic E-state index is 0.0642. The molecule has 0 heterocycles. The number of aromatic carboxylic acids is 1. The fourth-order valence-electron chi connectivity index (χ4n) is 1.10. The zero-order valence-electron chi connectivity index (χ0n) is 8.41. The van der Waals surface area contributed by atoms with Crippen LogP contribution in [0.2, 0.25) is 5.02 Å². The molecule has 0 fully saturated rings. The average Bonchev–Trinajstić information content (AvgIpc) is 2.26. The maximum absolute atomic E-state index is 11.1. The van der Waals surface area contributed by atoms with E-state index in [1.807, 2.05) is 0 Å². The van der Waals surface area contributed by atoms with Gasteiger partial charge in [-0.3, -0.25) is 4.79 Å². The predicted octanol–water partition coefficient (Wildman–Crippen LogP) is 2.46. The molecule has 17 heavy (non-hydrogen) atoms. The van der Waals surface area contributed by atoms with E-state index in [1.165, 1.54) is 18.2 Å². The largest absolute Gasteiger partial charge is 0.478 e. The van der Waals surface area contributed by atoms with Crippen molar-refractivity contribution in [1.29, 1.82) is 0 Å². The van der Waals surface area contributed by atoms with Crippen LogP contribution >= 0.6 is 34.8 Å². The van der Waals surface area contributed by atoms with Gasteiger partial charge in [-0.1, -0.05) is 34.8 Å². The summed E-state index contributed by atoms with van der Waals surface area (Å²) in [6.45, 7) is 0.0642. The Labute approximate surface area is 112 Å². The Morgan fingerprint density at radius 3 is 2.53 bits per heavy atom. The Bertz CT molecular complexity index is 448. The van der Waals surface area contributed by atoms with Gasteiger partial charge < -0.3 is 10.4 Å². The fourth-order valence-corrected chi connectivity index (χ4v) is 1.44.